The highest BCUT2D eigenvalue weighted by Crippen LogP contribution is 2.31. The van der Waals surface area contributed by atoms with E-state index in [1.54, 1.807) is 0 Å². The van der Waals surface area contributed by atoms with Crippen LogP contribution in [0.4, 0.5) is 0 Å². The van der Waals surface area contributed by atoms with Crippen molar-refractivity contribution in [1.29, 1.82) is 0 Å². The minimum Gasteiger partial charge on any atom is -0.370 e. The summed E-state index contributed by atoms with van der Waals surface area (Å²) in [6.07, 6.45) is 2.39. The normalized spacial score (nSPS) is 13.8. The Hall–Kier alpha value is -0.0400. The van der Waals surface area contributed by atoms with Crippen molar-refractivity contribution in [2.45, 2.75) is 72.5 Å². The summed E-state index contributed by atoms with van der Waals surface area (Å²) in [6.45, 7) is 15.3. The van der Waals surface area contributed by atoms with Crippen molar-refractivity contribution < 1.29 is 4.74 Å². The molecule has 0 radical (unpaired) electrons. The molecule has 0 aromatic rings. The summed E-state index contributed by atoms with van der Waals surface area (Å²) in [5.41, 5.74) is -0.0339. The highest BCUT2D eigenvalue weighted by Gasteiger charge is 2.31. The van der Waals surface area contributed by atoms with Gasteiger partial charge in [0.25, 0.3) is 0 Å². The molecule has 0 aliphatic rings. The molecule has 0 aromatic heterocycles. The number of ether oxygens (including phenoxy) is 1. The fourth-order valence-electron chi connectivity index (χ4n) is 2.14. The molecule has 0 saturated carbocycles. The fourth-order valence-corrected chi connectivity index (χ4v) is 2.14. The molecule has 0 bridgehead atoms. The maximum atomic E-state index is 6.07. The first-order valence-corrected chi connectivity index (χ1v) is 5.43. The van der Waals surface area contributed by atoms with E-state index in [0.29, 0.717) is 5.92 Å². The molecule has 0 amide bonds. The van der Waals surface area contributed by atoms with Crippen LogP contribution >= 0.6 is 0 Å². The van der Waals surface area contributed by atoms with Gasteiger partial charge < -0.3 is 4.74 Å². The van der Waals surface area contributed by atoms with Crippen molar-refractivity contribution in [3.05, 3.63) is 0 Å². The monoisotopic (exact) mass is 186 g/mol. The summed E-state index contributed by atoms with van der Waals surface area (Å²) >= 11 is 0. The Kier molecular flexibility index (Phi) is 4.44. The van der Waals surface area contributed by atoms with E-state index in [0.717, 1.165) is 0 Å². The van der Waals surface area contributed by atoms with Gasteiger partial charge in [-0.05, 0) is 40.5 Å². The highest BCUT2D eigenvalue weighted by molar-refractivity contribution is 4.80. The van der Waals surface area contributed by atoms with Gasteiger partial charge in [0.15, 0.2) is 0 Å². The first kappa shape index (κ1) is 13.0. The van der Waals surface area contributed by atoms with Gasteiger partial charge in [-0.3, -0.25) is 0 Å². The minimum atomic E-state index is -0.0356. The summed E-state index contributed by atoms with van der Waals surface area (Å²) in [5, 5.41) is 0. The predicted octanol–water partition coefficient (Wildman–Crippen LogP) is 4.02. The van der Waals surface area contributed by atoms with E-state index >= 15 is 0 Å². The minimum absolute atomic E-state index is 0.00174. The standard InChI is InChI=1S/C12H26O/c1-8-10(9-2)12(6,7)13-11(3,4)5/h10H,8-9H2,1-7H3. The van der Waals surface area contributed by atoms with E-state index in [4.69, 9.17) is 4.74 Å². The van der Waals surface area contributed by atoms with Crippen LogP contribution in [0.15, 0.2) is 0 Å². The third-order valence-corrected chi connectivity index (χ3v) is 2.54. The molecule has 80 valence electrons. The lowest BCUT2D eigenvalue weighted by Gasteiger charge is -2.39. The summed E-state index contributed by atoms with van der Waals surface area (Å²) < 4.78 is 6.07. The summed E-state index contributed by atoms with van der Waals surface area (Å²) in [7, 11) is 0. The SMILES string of the molecule is CCC(CC)C(C)(C)OC(C)(C)C. The molecule has 0 aromatic carbocycles. The molecule has 0 aliphatic carbocycles. The van der Waals surface area contributed by atoms with Gasteiger partial charge in [-0.25, -0.2) is 0 Å². The van der Waals surface area contributed by atoms with Crippen LogP contribution in [0.2, 0.25) is 0 Å². The van der Waals surface area contributed by atoms with E-state index in [2.05, 4.69) is 48.5 Å². The van der Waals surface area contributed by atoms with Gasteiger partial charge in [0.2, 0.25) is 0 Å². The topological polar surface area (TPSA) is 9.23 Å². The van der Waals surface area contributed by atoms with Crippen LogP contribution in [0, 0.1) is 5.92 Å². The van der Waals surface area contributed by atoms with Gasteiger partial charge in [-0.1, -0.05) is 26.7 Å². The second-order valence-corrected chi connectivity index (χ2v) is 5.33. The Labute approximate surface area is 83.9 Å². The molecule has 0 spiro atoms. The Balaban J connectivity index is 4.36. The number of rotatable bonds is 4. The van der Waals surface area contributed by atoms with Crippen LogP contribution in [-0.4, -0.2) is 11.2 Å². The molecule has 0 unspecified atom stereocenters. The van der Waals surface area contributed by atoms with Gasteiger partial charge in [0, 0.05) is 0 Å². The molecule has 0 N–H and O–H groups in total. The summed E-state index contributed by atoms with van der Waals surface area (Å²) in [6, 6.07) is 0. The molecule has 0 rings (SSSR count). The van der Waals surface area contributed by atoms with E-state index in [9.17, 15) is 0 Å². The fraction of sp³-hybridized carbons (Fsp3) is 1.00. The smallest absolute Gasteiger partial charge is 0.0661 e. The van der Waals surface area contributed by atoms with Gasteiger partial charge in [0.05, 0.1) is 11.2 Å². The lowest BCUT2D eigenvalue weighted by atomic mass is 9.85. The average molecular weight is 186 g/mol. The summed E-state index contributed by atoms with van der Waals surface area (Å²) in [4.78, 5) is 0. The van der Waals surface area contributed by atoms with Crippen molar-refractivity contribution in [2.75, 3.05) is 0 Å². The van der Waals surface area contributed by atoms with Crippen LogP contribution in [-0.2, 0) is 4.74 Å². The maximum Gasteiger partial charge on any atom is 0.0661 e. The molecular weight excluding hydrogens is 160 g/mol. The second-order valence-electron chi connectivity index (χ2n) is 5.33. The van der Waals surface area contributed by atoms with Crippen LogP contribution in [0.3, 0.4) is 0 Å². The van der Waals surface area contributed by atoms with Crippen LogP contribution in [0.25, 0.3) is 0 Å². The van der Waals surface area contributed by atoms with Crippen molar-refractivity contribution in [1.82, 2.24) is 0 Å². The first-order chi connectivity index (χ1) is 5.73. The lowest BCUT2D eigenvalue weighted by Crippen LogP contribution is -2.40. The average Bonchev–Trinajstić information content (AvgIpc) is 1.83. The van der Waals surface area contributed by atoms with Gasteiger partial charge in [0.1, 0.15) is 0 Å². The van der Waals surface area contributed by atoms with Crippen molar-refractivity contribution in [3.63, 3.8) is 0 Å². The highest BCUT2D eigenvalue weighted by atomic mass is 16.5. The zero-order valence-electron chi connectivity index (χ0n) is 10.4. The van der Waals surface area contributed by atoms with Gasteiger partial charge >= 0.3 is 0 Å². The molecule has 0 atom stereocenters. The van der Waals surface area contributed by atoms with Crippen LogP contribution in [0.1, 0.15) is 61.3 Å². The molecule has 0 saturated heterocycles. The number of hydrogen-bond acceptors (Lipinski definition) is 1. The quantitative estimate of drug-likeness (QED) is 0.644. The van der Waals surface area contributed by atoms with Crippen molar-refractivity contribution in [2.24, 2.45) is 5.92 Å². The van der Waals surface area contributed by atoms with Crippen LogP contribution < -0.4 is 0 Å². The Morgan fingerprint density at radius 2 is 1.31 bits per heavy atom. The number of hydrogen-bond donors (Lipinski definition) is 0. The zero-order valence-corrected chi connectivity index (χ0v) is 10.4. The van der Waals surface area contributed by atoms with Gasteiger partial charge in [-0.15, -0.1) is 0 Å². The summed E-state index contributed by atoms with van der Waals surface area (Å²) in [5.74, 6) is 0.659. The maximum absolute atomic E-state index is 6.07. The second kappa shape index (κ2) is 4.45. The van der Waals surface area contributed by atoms with E-state index < -0.39 is 0 Å². The third-order valence-electron chi connectivity index (χ3n) is 2.54. The van der Waals surface area contributed by atoms with E-state index in [1.807, 2.05) is 0 Å². The van der Waals surface area contributed by atoms with E-state index in [1.165, 1.54) is 12.8 Å². The molecular formula is C12H26O. The van der Waals surface area contributed by atoms with Crippen molar-refractivity contribution in [3.8, 4) is 0 Å². The molecule has 13 heavy (non-hydrogen) atoms. The molecule has 0 fully saturated rings. The third kappa shape index (κ3) is 4.66. The molecule has 1 nitrogen and oxygen atoms in total. The molecule has 1 heteroatoms. The zero-order chi connectivity index (χ0) is 10.7. The largest absolute Gasteiger partial charge is 0.370 e. The van der Waals surface area contributed by atoms with Crippen LogP contribution in [0.5, 0.6) is 0 Å². The molecule has 0 heterocycles. The lowest BCUT2D eigenvalue weighted by molar-refractivity contribution is -0.142. The Bertz CT molecular complexity index is 138. The van der Waals surface area contributed by atoms with Crippen molar-refractivity contribution >= 4 is 0 Å². The van der Waals surface area contributed by atoms with E-state index in [-0.39, 0.29) is 11.2 Å². The predicted molar refractivity (Wildman–Crippen MR) is 59.0 cm³/mol. The first-order valence-electron chi connectivity index (χ1n) is 5.43. The molecule has 0 aliphatic heterocycles. The Morgan fingerprint density at radius 1 is 0.923 bits per heavy atom. The van der Waals surface area contributed by atoms with Gasteiger partial charge in [-0.2, -0.15) is 0 Å². The Morgan fingerprint density at radius 3 is 1.54 bits per heavy atom.